The van der Waals surface area contributed by atoms with Crippen molar-refractivity contribution in [3.8, 4) is 0 Å². The Morgan fingerprint density at radius 1 is 1.30 bits per heavy atom. The molecule has 0 radical (unpaired) electrons. The largest absolute Gasteiger partial charge is 0.325 e. The summed E-state index contributed by atoms with van der Waals surface area (Å²) in [5.74, 6) is -0.409. The number of nitrogens with one attached hydrogen (secondary N) is 1. The summed E-state index contributed by atoms with van der Waals surface area (Å²) in [7, 11) is -3.78. The topological polar surface area (TPSA) is 111 Å². The molecular formula is C14H14BrN3O4S. The number of sulfonamides is 1. The maximum absolute atomic E-state index is 12.0. The highest BCUT2D eigenvalue weighted by atomic mass is 79.9. The van der Waals surface area contributed by atoms with E-state index < -0.39 is 15.9 Å². The summed E-state index contributed by atoms with van der Waals surface area (Å²) in [6, 6.07) is 7.10. The van der Waals surface area contributed by atoms with E-state index in [1.807, 2.05) is 0 Å². The molecular weight excluding hydrogens is 386 g/mol. The molecule has 2 rings (SSSR count). The number of aromatic nitrogens is 1. The first-order valence-electron chi connectivity index (χ1n) is 6.46. The van der Waals surface area contributed by atoms with Crippen LogP contribution in [-0.2, 0) is 21.4 Å². The number of hydrogen-bond acceptors (Lipinski definition) is 4. The van der Waals surface area contributed by atoms with Crippen LogP contribution in [0.4, 0.5) is 5.69 Å². The van der Waals surface area contributed by atoms with Gasteiger partial charge in [-0.1, -0.05) is 0 Å². The number of nitrogens with two attached hydrogens (primary N) is 1. The van der Waals surface area contributed by atoms with Crippen LogP contribution in [0.15, 0.2) is 50.7 Å². The number of halogens is 1. The number of pyridine rings is 1. The number of benzene rings is 1. The van der Waals surface area contributed by atoms with Crippen molar-refractivity contribution < 1.29 is 13.2 Å². The molecule has 0 aliphatic rings. The molecule has 0 bridgehead atoms. The number of carbonyl (C=O) groups excluding carboxylic acids is 1. The second-order valence-electron chi connectivity index (χ2n) is 4.89. The highest BCUT2D eigenvalue weighted by Crippen LogP contribution is 2.13. The van der Waals surface area contributed by atoms with Gasteiger partial charge in [0.1, 0.15) is 6.54 Å². The van der Waals surface area contributed by atoms with E-state index in [-0.39, 0.29) is 17.0 Å². The quantitative estimate of drug-likeness (QED) is 0.804. The molecule has 0 saturated carbocycles. The Morgan fingerprint density at radius 2 is 1.91 bits per heavy atom. The summed E-state index contributed by atoms with van der Waals surface area (Å²) in [4.78, 5) is 23.9. The second-order valence-corrected chi connectivity index (χ2v) is 7.37. The van der Waals surface area contributed by atoms with Crippen LogP contribution in [0.3, 0.4) is 0 Å². The number of anilines is 1. The zero-order valence-electron chi connectivity index (χ0n) is 12.1. The lowest BCUT2D eigenvalue weighted by Crippen LogP contribution is -2.28. The fourth-order valence-electron chi connectivity index (χ4n) is 1.94. The van der Waals surface area contributed by atoms with E-state index >= 15 is 0 Å². The molecule has 1 heterocycles. The summed E-state index contributed by atoms with van der Waals surface area (Å²) >= 11 is 3.27. The van der Waals surface area contributed by atoms with Gasteiger partial charge in [0.2, 0.25) is 15.9 Å². The maximum atomic E-state index is 12.0. The standard InChI is InChI=1S/C14H14BrN3O4S/c1-9-6-10(15)7-18(14(9)20)8-13(19)17-11-2-4-12(5-3-11)23(16,21)22/h2-7H,8H2,1H3,(H,17,19)(H2,16,21,22). The Bertz CT molecular complexity index is 905. The number of carbonyl (C=O) groups is 1. The summed E-state index contributed by atoms with van der Waals surface area (Å²) in [5, 5.41) is 7.58. The van der Waals surface area contributed by atoms with E-state index in [1.54, 1.807) is 13.0 Å². The van der Waals surface area contributed by atoms with Crippen LogP contribution in [-0.4, -0.2) is 18.9 Å². The highest BCUT2D eigenvalue weighted by Gasteiger charge is 2.10. The Labute approximate surface area is 141 Å². The van der Waals surface area contributed by atoms with Crippen LogP contribution in [0.25, 0.3) is 0 Å². The van der Waals surface area contributed by atoms with Gasteiger partial charge in [-0.15, -0.1) is 0 Å². The van der Waals surface area contributed by atoms with Gasteiger partial charge in [0.15, 0.2) is 0 Å². The Balaban J connectivity index is 2.13. The van der Waals surface area contributed by atoms with Crippen molar-refractivity contribution in [3.63, 3.8) is 0 Å². The lowest BCUT2D eigenvalue weighted by molar-refractivity contribution is -0.116. The first kappa shape index (κ1) is 17.4. The number of nitrogens with zero attached hydrogens (tertiary/aromatic N) is 1. The normalized spacial score (nSPS) is 11.3. The minimum Gasteiger partial charge on any atom is -0.325 e. The minimum atomic E-state index is -3.78. The highest BCUT2D eigenvalue weighted by molar-refractivity contribution is 9.10. The molecule has 2 aromatic rings. The summed E-state index contributed by atoms with van der Waals surface area (Å²) in [6.07, 6.45) is 1.53. The third-order valence-electron chi connectivity index (χ3n) is 3.01. The molecule has 0 saturated heterocycles. The second kappa shape index (κ2) is 6.65. The molecule has 0 unspecified atom stereocenters. The van der Waals surface area contributed by atoms with E-state index in [2.05, 4.69) is 21.2 Å². The van der Waals surface area contributed by atoms with Gasteiger partial charge in [0.25, 0.3) is 5.56 Å². The van der Waals surface area contributed by atoms with Gasteiger partial charge in [0.05, 0.1) is 4.90 Å². The smallest absolute Gasteiger partial charge is 0.253 e. The molecule has 0 aliphatic heterocycles. The third-order valence-corrected chi connectivity index (χ3v) is 4.38. The van der Waals surface area contributed by atoms with Crippen molar-refractivity contribution in [3.05, 3.63) is 56.9 Å². The maximum Gasteiger partial charge on any atom is 0.253 e. The Morgan fingerprint density at radius 3 is 2.48 bits per heavy atom. The molecule has 0 atom stereocenters. The SMILES string of the molecule is Cc1cc(Br)cn(CC(=O)Nc2ccc(S(N)(=O)=O)cc2)c1=O. The molecule has 3 N–H and O–H groups in total. The molecule has 0 fully saturated rings. The molecule has 1 amide bonds. The zero-order chi connectivity index (χ0) is 17.2. The van der Waals surface area contributed by atoms with Crippen LogP contribution in [0.1, 0.15) is 5.56 Å². The first-order chi connectivity index (χ1) is 10.7. The summed E-state index contributed by atoms with van der Waals surface area (Å²) in [6.45, 7) is 1.50. The average Bonchev–Trinajstić information content (AvgIpc) is 2.43. The lowest BCUT2D eigenvalue weighted by Gasteiger charge is -2.09. The van der Waals surface area contributed by atoms with Crippen LogP contribution < -0.4 is 16.0 Å². The van der Waals surface area contributed by atoms with Crippen molar-refractivity contribution >= 4 is 37.5 Å². The van der Waals surface area contributed by atoms with Gasteiger partial charge in [-0.3, -0.25) is 9.59 Å². The minimum absolute atomic E-state index is 0.0469. The molecule has 122 valence electrons. The zero-order valence-corrected chi connectivity index (χ0v) is 14.5. The van der Waals surface area contributed by atoms with Gasteiger partial charge in [0, 0.05) is 21.9 Å². The van der Waals surface area contributed by atoms with E-state index in [4.69, 9.17) is 5.14 Å². The van der Waals surface area contributed by atoms with Gasteiger partial charge in [-0.25, -0.2) is 13.6 Å². The fourth-order valence-corrected chi connectivity index (χ4v) is 3.05. The lowest BCUT2D eigenvalue weighted by atomic mass is 10.3. The fraction of sp³-hybridized carbons (Fsp3) is 0.143. The summed E-state index contributed by atoms with van der Waals surface area (Å²) in [5.41, 5.74) is 0.666. The Kier molecular flexibility index (Phi) is 5.03. The molecule has 23 heavy (non-hydrogen) atoms. The number of primary sulfonamides is 1. The van der Waals surface area contributed by atoms with E-state index in [1.165, 1.54) is 35.0 Å². The molecule has 0 spiro atoms. The molecule has 1 aromatic carbocycles. The molecule has 7 nitrogen and oxygen atoms in total. The number of aryl methyl sites for hydroxylation is 1. The van der Waals surface area contributed by atoms with Crippen molar-refractivity contribution in [2.45, 2.75) is 18.4 Å². The van der Waals surface area contributed by atoms with Crippen LogP contribution in [0, 0.1) is 6.92 Å². The molecule has 1 aromatic heterocycles. The van der Waals surface area contributed by atoms with E-state index in [9.17, 15) is 18.0 Å². The van der Waals surface area contributed by atoms with Gasteiger partial charge in [-0.2, -0.15) is 0 Å². The van der Waals surface area contributed by atoms with Gasteiger partial charge in [-0.05, 0) is 53.2 Å². The number of hydrogen-bond donors (Lipinski definition) is 2. The predicted octanol–water partition coefficient (Wildman–Crippen LogP) is 1.21. The third kappa shape index (κ3) is 4.50. The predicted molar refractivity (Wildman–Crippen MR) is 89.6 cm³/mol. The number of amides is 1. The Hall–Kier alpha value is -1.97. The van der Waals surface area contributed by atoms with E-state index in [0.29, 0.717) is 15.7 Å². The molecule has 0 aliphatic carbocycles. The van der Waals surface area contributed by atoms with Crippen molar-refractivity contribution in [2.75, 3.05) is 5.32 Å². The van der Waals surface area contributed by atoms with Gasteiger partial charge < -0.3 is 9.88 Å². The van der Waals surface area contributed by atoms with Crippen LogP contribution >= 0.6 is 15.9 Å². The monoisotopic (exact) mass is 399 g/mol. The molecule has 9 heteroatoms. The van der Waals surface area contributed by atoms with Crippen molar-refractivity contribution in [1.29, 1.82) is 0 Å². The van der Waals surface area contributed by atoms with Crippen molar-refractivity contribution in [1.82, 2.24) is 4.57 Å². The first-order valence-corrected chi connectivity index (χ1v) is 8.80. The van der Waals surface area contributed by atoms with Gasteiger partial charge >= 0.3 is 0 Å². The number of rotatable bonds is 4. The van der Waals surface area contributed by atoms with E-state index in [0.717, 1.165) is 0 Å². The van der Waals surface area contributed by atoms with Crippen LogP contribution in [0.5, 0.6) is 0 Å². The average molecular weight is 400 g/mol. The van der Waals surface area contributed by atoms with Crippen LogP contribution in [0.2, 0.25) is 0 Å². The van der Waals surface area contributed by atoms with Crippen molar-refractivity contribution in [2.24, 2.45) is 5.14 Å². The summed E-state index contributed by atoms with van der Waals surface area (Å²) < 4.78 is 24.3.